The fraction of sp³-hybridized carbons (Fsp3) is 0.409. The first-order valence-corrected chi connectivity index (χ1v) is 11.9. The first-order valence-electron chi connectivity index (χ1n) is 10.5. The summed E-state index contributed by atoms with van der Waals surface area (Å²) in [5, 5.41) is 18.9. The van der Waals surface area contributed by atoms with Gasteiger partial charge in [0.25, 0.3) is 0 Å². The van der Waals surface area contributed by atoms with Gasteiger partial charge in [-0.1, -0.05) is 0 Å². The number of carbonyl (C=O) groups is 1. The van der Waals surface area contributed by atoms with E-state index in [1.807, 2.05) is 4.90 Å². The standard InChI is InChI=1S/C22H25F3N2O6S/c1-14-12-26(17-4-6-18(7-5-17)33-22(23,24)25)13-15(2)27(14)34(31,32)19-8-9-20(28)16(11-19)3-10-21(29)30/h4-9,11,14-15,28H,3,10,12-13H2,1-2H3,(H,29,30). The van der Waals surface area contributed by atoms with E-state index >= 15 is 0 Å². The van der Waals surface area contributed by atoms with Crippen LogP contribution in [-0.2, 0) is 21.2 Å². The minimum Gasteiger partial charge on any atom is -0.508 e. The van der Waals surface area contributed by atoms with Crippen molar-refractivity contribution in [2.75, 3.05) is 18.0 Å². The number of piperazine rings is 1. The lowest BCUT2D eigenvalue weighted by molar-refractivity contribution is -0.274. The molecule has 34 heavy (non-hydrogen) atoms. The highest BCUT2D eigenvalue weighted by Crippen LogP contribution is 2.32. The average Bonchev–Trinajstić information content (AvgIpc) is 2.71. The third-order valence-electron chi connectivity index (χ3n) is 5.51. The van der Waals surface area contributed by atoms with Crippen LogP contribution in [0.3, 0.4) is 0 Å². The van der Waals surface area contributed by atoms with Gasteiger partial charge in [-0.25, -0.2) is 8.42 Å². The number of rotatable bonds is 7. The summed E-state index contributed by atoms with van der Waals surface area (Å²) < 4.78 is 69.2. The normalized spacial score (nSPS) is 19.7. The number of aromatic hydroxyl groups is 1. The Hall–Kier alpha value is -2.99. The van der Waals surface area contributed by atoms with E-state index in [2.05, 4.69) is 4.74 Å². The van der Waals surface area contributed by atoms with Gasteiger partial charge in [-0.2, -0.15) is 4.31 Å². The Morgan fingerprint density at radius 3 is 2.21 bits per heavy atom. The maximum atomic E-state index is 13.4. The van der Waals surface area contributed by atoms with Gasteiger partial charge in [-0.15, -0.1) is 13.2 Å². The van der Waals surface area contributed by atoms with Gasteiger partial charge in [-0.3, -0.25) is 4.79 Å². The van der Waals surface area contributed by atoms with Crippen LogP contribution < -0.4 is 9.64 Å². The van der Waals surface area contributed by atoms with Gasteiger partial charge < -0.3 is 19.8 Å². The zero-order chi connectivity index (χ0) is 25.3. The van der Waals surface area contributed by atoms with Gasteiger partial charge in [0, 0.05) is 37.3 Å². The molecule has 1 heterocycles. The van der Waals surface area contributed by atoms with Crippen molar-refractivity contribution in [2.45, 2.75) is 50.0 Å². The number of carboxylic acid groups (broad SMARTS) is 1. The summed E-state index contributed by atoms with van der Waals surface area (Å²) in [6.07, 6.45) is -5.06. The number of hydrogen-bond acceptors (Lipinski definition) is 6. The van der Waals surface area contributed by atoms with Crippen LogP contribution in [0.5, 0.6) is 11.5 Å². The van der Waals surface area contributed by atoms with Gasteiger partial charge in [0.1, 0.15) is 11.5 Å². The Kier molecular flexibility index (Phi) is 7.32. The zero-order valence-electron chi connectivity index (χ0n) is 18.5. The Balaban J connectivity index is 1.78. The first kappa shape index (κ1) is 25.6. The Labute approximate surface area is 195 Å². The molecule has 0 spiro atoms. The lowest BCUT2D eigenvalue weighted by atomic mass is 10.1. The number of phenolic OH excluding ortho intramolecular Hbond substituents is 1. The molecular weight excluding hydrogens is 477 g/mol. The van der Waals surface area contributed by atoms with Gasteiger partial charge in [0.15, 0.2) is 0 Å². The van der Waals surface area contributed by atoms with E-state index in [0.29, 0.717) is 18.8 Å². The Bertz CT molecular complexity index is 1130. The SMILES string of the molecule is CC1CN(c2ccc(OC(F)(F)F)cc2)CC(C)N1S(=O)(=O)c1ccc(O)c(CCC(=O)O)c1. The molecule has 0 aliphatic carbocycles. The fourth-order valence-corrected chi connectivity index (χ4v) is 5.99. The van der Waals surface area contributed by atoms with E-state index in [4.69, 9.17) is 5.11 Å². The van der Waals surface area contributed by atoms with Crippen LogP contribution in [-0.4, -0.2) is 60.4 Å². The molecule has 1 fully saturated rings. The molecule has 186 valence electrons. The maximum Gasteiger partial charge on any atom is 0.573 e. The molecule has 1 saturated heterocycles. The van der Waals surface area contributed by atoms with E-state index < -0.39 is 34.4 Å². The molecule has 2 aromatic carbocycles. The van der Waals surface area contributed by atoms with Crippen molar-refractivity contribution in [3.63, 3.8) is 0 Å². The lowest BCUT2D eigenvalue weighted by Gasteiger charge is -2.44. The maximum absolute atomic E-state index is 13.4. The minimum atomic E-state index is -4.79. The highest BCUT2D eigenvalue weighted by Gasteiger charge is 2.39. The van der Waals surface area contributed by atoms with Crippen molar-refractivity contribution in [3.8, 4) is 11.5 Å². The van der Waals surface area contributed by atoms with Crippen molar-refractivity contribution >= 4 is 21.7 Å². The van der Waals surface area contributed by atoms with Crippen molar-refractivity contribution in [2.24, 2.45) is 0 Å². The van der Waals surface area contributed by atoms with Gasteiger partial charge in [0.05, 0.1) is 4.90 Å². The van der Waals surface area contributed by atoms with Crippen LogP contribution in [0.1, 0.15) is 25.8 Å². The number of hydrogen-bond donors (Lipinski definition) is 2. The summed E-state index contributed by atoms with van der Waals surface area (Å²) in [5.41, 5.74) is 0.856. The molecule has 12 heteroatoms. The van der Waals surface area contributed by atoms with Crippen LogP contribution in [0.15, 0.2) is 47.4 Å². The van der Waals surface area contributed by atoms with Crippen LogP contribution in [0.4, 0.5) is 18.9 Å². The average molecular weight is 503 g/mol. The number of phenols is 1. The number of ether oxygens (including phenoxy) is 1. The first-order chi connectivity index (χ1) is 15.8. The van der Waals surface area contributed by atoms with Gasteiger partial charge in [-0.05, 0) is 68.3 Å². The second-order valence-corrected chi connectivity index (χ2v) is 10.0. The second kappa shape index (κ2) is 9.71. The number of alkyl halides is 3. The Morgan fingerprint density at radius 1 is 1.09 bits per heavy atom. The van der Waals surface area contributed by atoms with E-state index in [1.54, 1.807) is 13.8 Å². The number of carboxylic acids is 1. The largest absolute Gasteiger partial charge is 0.573 e. The highest BCUT2D eigenvalue weighted by molar-refractivity contribution is 7.89. The molecule has 0 radical (unpaired) electrons. The second-order valence-electron chi connectivity index (χ2n) is 8.16. The molecule has 0 saturated carbocycles. The molecule has 0 aromatic heterocycles. The molecule has 8 nitrogen and oxygen atoms in total. The highest BCUT2D eigenvalue weighted by atomic mass is 32.2. The molecule has 0 amide bonds. The van der Waals surface area contributed by atoms with E-state index in [0.717, 1.165) is 0 Å². The molecular formula is C22H25F3N2O6S. The number of anilines is 1. The van der Waals surface area contributed by atoms with Crippen molar-refractivity contribution in [3.05, 3.63) is 48.0 Å². The predicted molar refractivity (Wildman–Crippen MR) is 117 cm³/mol. The lowest BCUT2D eigenvalue weighted by Crippen LogP contribution is -2.58. The number of nitrogens with zero attached hydrogens (tertiary/aromatic N) is 2. The minimum absolute atomic E-state index is 0.0164. The van der Waals surface area contributed by atoms with Crippen LogP contribution in [0.25, 0.3) is 0 Å². The zero-order valence-corrected chi connectivity index (χ0v) is 19.3. The predicted octanol–water partition coefficient (Wildman–Crippen LogP) is 3.60. The third-order valence-corrected chi connectivity index (χ3v) is 7.63. The van der Waals surface area contributed by atoms with E-state index in [1.165, 1.54) is 46.8 Å². The van der Waals surface area contributed by atoms with Crippen molar-refractivity contribution in [1.82, 2.24) is 4.31 Å². The molecule has 2 unspecified atom stereocenters. The summed E-state index contributed by atoms with van der Waals surface area (Å²) in [6.45, 7) is 4.06. The molecule has 2 atom stereocenters. The number of aliphatic carboxylic acids is 1. The summed E-state index contributed by atoms with van der Waals surface area (Å²) in [4.78, 5) is 12.7. The quantitative estimate of drug-likeness (QED) is 0.596. The number of aryl methyl sites for hydroxylation is 1. The summed E-state index contributed by atoms with van der Waals surface area (Å²) >= 11 is 0. The third kappa shape index (κ3) is 5.92. The monoisotopic (exact) mass is 502 g/mol. The Morgan fingerprint density at radius 2 is 1.68 bits per heavy atom. The van der Waals surface area contributed by atoms with Crippen molar-refractivity contribution < 1.29 is 41.3 Å². The van der Waals surface area contributed by atoms with Gasteiger partial charge in [0.2, 0.25) is 10.0 Å². The summed E-state index contributed by atoms with van der Waals surface area (Å²) in [6, 6.07) is 8.23. The van der Waals surface area contributed by atoms with Crippen LogP contribution >= 0.6 is 0 Å². The van der Waals surface area contributed by atoms with E-state index in [-0.39, 0.29) is 34.8 Å². The molecule has 2 N–H and O–H groups in total. The van der Waals surface area contributed by atoms with Crippen molar-refractivity contribution in [1.29, 1.82) is 0 Å². The van der Waals surface area contributed by atoms with Crippen LogP contribution in [0, 0.1) is 0 Å². The van der Waals surface area contributed by atoms with E-state index in [9.17, 15) is 31.5 Å². The molecule has 1 aliphatic heterocycles. The molecule has 0 bridgehead atoms. The van der Waals surface area contributed by atoms with Gasteiger partial charge >= 0.3 is 12.3 Å². The van der Waals surface area contributed by atoms with Crippen LogP contribution in [0.2, 0.25) is 0 Å². The number of halogens is 3. The topological polar surface area (TPSA) is 107 Å². The summed E-state index contributed by atoms with van der Waals surface area (Å²) in [7, 11) is -3.97. The number of benzene rings is 2. The molecule has 2 aromatic rings. The molecule has 1 aliphatic rings. The molecule has 3 rings (SSSR count). The summed E-state index contributed by atoms with van der Waals surface area (Å²) in [5.74, 6) is -1.59. The number of sulfonamides is 1. The smallest absolute Gasteiger partial charge is 0.508 e. The fourth-order valence-electron chi connectivity index (χ4n) is 4.14.